The second kappa shape index (κ2) is 5.33. The zero-order valence-corrected chi connectivity index (χ0v) is 11.0. The van der Waals surface area contributed by atoms with E-state index >= 15 is 0 Å². The highest BCUT2D eigenvalue weighted by atomic mass is 35.5. The highest BCUT2D eigenvalue weighted by molar-refractivity contribution is 7.91. The lowest BCUT2D eigenvalue weighted by molar-refractivity contribution is 0.284. The SMILES string of the molecule is O=S1(=O)CCCN(Cc2cc(Cl)ccn2)CC1. The molecule has 0 spiro atoms. The standard InChI is InChI=1S/C11H15ClN2O2S/c12-10-2-3-13-11(8-10)9-14-4-1-6-17(15,16)7-5-14/h2-3,8H,1,4-7,9H2. The monoisotopic (exact) mass is 274 g/mol. The molecule has 0 amide bonds. The second-order valence-electron chi connectivity index (χ2n) is 4.25. The summed E-state index contributed by atoms with van der Waals surface area (Å²) in [6.45, 7) is 2.04. The maximum atomic E-state index is 11.5. The van der Waals surface area contributed by atoms with Crippen molar-refractivity contribution in [3.05, 3.63) is 29.0 Å². The van der Waals surface area contributed by atoms with Gasteiger partial charge in [-0.25, -0.2) is 8.42 Å². The topological polar surface area (TPSA) is 50.3 Å². The number of pyridine rings is 1. The minimum absolute atomic E-state index is 0.244. The van der Waals surface area contributed by atoms with Gasteiger partial charge in [-0.15, -0.1) is 0 Å². The predicted octanol–water partition coefficient (Wildman–Crippen LogP) is 1.36. The molecule has 1 fully saturated rings. The highest BCUT2D eigenvalue weighted by Crippen LogP contribution is 2.12. The van der Waals surface area contributed by atoms with Crippen molar-refractivity contribution in [3.8, 4) is 0 Å². The first-order valence-electron chi connectivity index (χ1n) is 5.58. The summed E-state index contributed by atoms with van der Waals surface area (Å²) >= 11 is 5.89. The van der Waals surface area contributed by atoms with E-state index in [-0.39, 0.29) is 5.75 Å². The van der Waals surface area contributed by atoms with Crippen molar-refractivity contribution in [2.75, 3.05) is 24.6 Å². The molecule has 1 aliphatic rings. The third-order valence-electron chi connectivity index (χ3n) is 2.81. The Morgan fingerprint density at radius 2 is 2.18 bits per heavy atom. The molecule has 1 aromatic rings. The first-order chi connectivity index (χ1) is 8.05. The summed E-state index contributed by atoms with van der Waals surface area (Å²) < 4.78 is 22.9. The average Bonchev–Trinajstić information content (AvgIpc) is 2.41. The van der Waals surface area contributed by atoms with E-state index in [9.17, 15) is 8.42 Å². The summed E-state index contributed by atoms with van der Waals surface area (Å²) in [7, 11) is -2.84. The van der Waals surface area contributed by atoms with Crippen molar-refractivity contribution in [2.24, 2.45) is 0 Å². The van der Waals surface area contributed by atoms with Crippen LogP contribution in [-0.4, -0.2) is 42.9 Å². The van der Waals surface area contributed by atoms with Crippen molar-refractivity contribution in [2.45, 2.75) is 13.0 Å². The van der Waals surface area contributed by atoms with Crippen molar-refractivity contribution >= 4 is 21.4 Å². The van der Waals surface area contributed by atoms with Crippen molar-refractivity contribution in [1.82, 2.24) is 9.88 Å². The molecule has 1 aliphatic heterocycles. The van der Waals surface area contributed by atoms with Gasteiger partial charge in [0.15, 0.2) is 9.84 Å². The van der Waals surface area contributed by atoms with Gasteiger partial charge < -0.3 is 0 Å². The Kier molecular flexibility index (Phi) is 4.01. The Balaban J connectivity index is 2.00. The van der Waals surface area contributed by atoms with Gasteiger partial charge in [0.25, 0.3) is 0 Å². The number of rotatable bonds is 2. The highest BCUT2D eigenvalue weighted by Gasteiger charge is 2.19. The van der Waals surface area contributed by atoms with Crippen molar-refractivity contribution in [1.29, 1.82) is 0 Å². The smallest absolute Gasteiger partial charge is 0.151 e. The van der Waals surface area contributed by atoms with Crippen LogP contribution < -0.4 is 0 Å². The molecule has 2 rings (SSSR count). The molecule has 2 heterocycles. The van der Waals surface area contributed by atoms with Crippen LogP contribution in [0.5, 0.6) is 0 Å². The lowest BCUT2D eigenvalue weighted by atomic mass is 10.3. The summed E-state index contributed by atoms with van der Waals surface area (Å²) in [5.41, 5.74) is 0.886. The fraction of sp³-hybridized carbons (Fsp3) is 0.545. The molecule has 0 atom stereocenters. The fourth-order valence-corrected chi connectivity index (χ4v) is 3.40. The molecular weight excluding hydrogens is 260 g/mol. The van der Waals surface area contributed by atoms with E-state index in [2.05, 4.69) is 9.88 Å². The van der Waals surface area contributed by atoms with E-state index in [0.29, 0.717) is 30.3 Å². The molecule has 4 nitrogen and oxygen atoms in total. The maximum Gasteiger partial charge on any atom is 0.151 e. The van der Waals surface area contributed by atoms with Gasteiger partial charge in [0, 0.05) is 24.3 Å². The molecular formula is C11H15ClN2O2S. The molecule has 1 saturated heterocycles. The van der Waals surface area contributed by atoms with Crippen molar-refractivity contribution < 1.29 is 8.42 Å². The van der Waals surface area contributed by atoms with Crippen LogP contribution in [0.3, 0.4) is 0 Å². The van der Waals surface area contributed by atoms with E-state index < -0.39 is 9.84 Å². The quantitative estimate of drug-likeness (QED) is 0.817. The third kappa shape index (κ3) is 3.94. The summed E-state index contributed by atoms with van der Waals surface area (Å²) in [5, 5.41) is 0.664. The van der Waals surface area contributed by atoms with Gasteiger partial charge in [0.1, 0.15) is 0 Å². The van der Waals surface area contributed by atoms with Crippen molar-refractivity contribution in [3.63, 3.8) is 0 Å². The van der Waals surface area contributed by atoms with E-state index in [1.165, 1.54) is 0 Å². The Morgan fingerprint density at radius 1 is 1.35 bits per heavy atom. The summed E-state index contributed by atoms with van der Waals surface area (Å²) in [5.74, 6) is 0.542. The number of hydrogen-bond acceptors (Lipinski definition) is 4. The van der Waals surface area contributed by atoms with Gasteiger partial charge in [0.05, 0.1) is 17.2 Å². The number of aromatic nitrogens is 1. The van der Waals surface area contributed by atoms with Gasteiger partial charge >= 0.3 is 0 Å². The van der Waals surface area contributed by atoms with E-state index in [1.807, 2.05) is 6.07 Å². The average molecular weight is 275 g/mol. The molecule has 1 aromatic heterocycles. The van der Waals surface area contributed by atoms with Gasteiger partial charge in [0.2, 0.25) is 0 Å². The zero-order chi connectivity index (χ0) is 12.3. The van der Waals surface area contributed by atoms with E-state index in [1.54, 1.807) is 12.3 Å². The summed E-state index contributed by atoms with van der Waals surface area (Å²) in [4.78, 5) is 6.34. The molecule has 0 unspecified atom stereocenters. The third-order valence-corrected chi connectivity index (χ3v) is 4.76. The minimum atomic E-state index is -2.84. The predicted molar refractivity (Wildman–Crippen MR) is 67.8 cm³/mol. The molecule has 0 radical (unpaired) electrons. The first kappa shape index (κ1) is 12.8. The molecule has 6 heteroatoms. The van der Waals surface area contributed by atoms with Crippen LogP contribution in [0.2, 0.25) is 5.02 Å². The Morgan fingerprint density at radius 3 is 2.94 bits per heavy atom. The Labute approximate surface area is 107 Å². The van der Waals surface area contributed by atoms with Gasteiger partial charge in [-0.2, -0.15) is 0 Å². The van der Waals surface area contributed by atoms with E-state index in [4.69, 9.17) is 11.6 Å². The molecule has 0 N–H and O–H groups in total. The van der Waals surface area contributed by atoms with Crippen LogP contribution in [0.4, 0.5) is 0 Å². The minimum Gasteiger partial charge on any atom is -0.296 e. The van der Waals surface area contributed by atoms with Crippen LogP contribution in [0.1, 0.15) is 12.1 Å². The van der Waals surface area contributed by atoms with Crippen LogP contribution in [0.25, 0.3) is 0 Å². The number of hydrogen-bond donors (Lipinski definition) is 0. The molecule has 0 aromatic carbocycles. The van der Waals surface area contributed by atoms with Gasteiger partial charge in [-0.1, -0.05) is 11.6 Å². The summed E-state index contributed by atoms with van der Waals surface area (Å²) in [6.07, 6.45) is 2.37. The normalized spacial score (nSPS) is 21.0. The van der Waals surface area contributed by atoms with Crippen LogP contribution in [0, 0.1) is 0 Å². The van der Waals surface area contributed by atoms with Crippen LogP contribution >= 0.6 is 11.6 Å². The van der Waals surface area contributed by atoms with E-state index in [0.717, 1.165) is 12.2 Å². The number of sulfone groups is 1. The van der Waals surface area contributed by atoms with Crippen LogP contribution in [-0.2, 0) is 16.4 Å². The first-order valence-corrected chi connectivity index (χ1v) is 7.78. The number of nitrogens with zero attached hydrogens (tertiary/aromatic N) is 2. The molecule has 0 bridgehead atoms. The molecule has 17 heavy (non-hydrogen) atoms. The largest absolute Gasteiger partial charge is 0.296 e. The lowest BCUT2D eigenvalue weighted by Crippen LogP contribution is -2.27. The molecule has 0 aliphatic carbocycles. The zero-order valence-electron chi connectivity index (χ0n) is 9.47. The fourth-order valence-electron chi connectivity index (χ4n) is 1.91. The van der Waals surface area contributed by atoms with Crippen LogP contribution in [0.15, 0.2) is 18.3 Å². The summed E-state index contributed by atoms with van der Waals surface area (Å²) in [6, 6.07) is 3.55. The molecule has 0 saturated carbocycles. The maximum absolute atomic E-state index is 11.5. The van der Waals surface area contributed by atoms with Gasteiger partial charge in [-0.3, -0.25) is 9.88 Å². The Bertz CT molecular complexity index is 490. The lowest BCUT2D eigenvalue weighted by Gasteiger charge is -2.18. The Hall–Kier alpha value is -0.650. The van der Waals surface area contributed by atoms with Gasteiger partial charge in [-0.05, 0) is 25.1 Å². The number of halogens is 1. The second-order valence-corrected chi connectivity index (χ2v) is 6.99. The molecule has 94 valence electrons.